The highest BCUT2D eigenvalue weighted by Gasteiger charge is 2.43. The van der Waals surface area contributed by atoms with E-state index < -0.39 is 11.9 Å². The van der Waals surface area contributed by atoms with E-state index in [1.807, 2.05) is 25.5 Å². The largest absolute Gasteiger partial charge is 0.465 e. The summed E-state index contributed by atoms with van der Waals surface area (Å²) in [6, 6.07) is 0. The van der Waals surface area contributed by atoms with Crippen molar-refractivity contribution >= 4 is 11.8 Å². The van der Waals surface area contributed by atoms with E-state index in [1.165, 1.54) is 7.11 Å². The van der Waals surface area contributed by atoms with Gasteiger partial charge in [0.1, 0.15) is 11.3 Å². The smallest absolute Gasteiger partial charge is 0.340 e. The molecule has 0 unspecified atom stereocenters. The maximum Gasteiger partial charge on any atom is 0.340 e. The van der Waals surface area contributed by atoms with Crippen LogP contribution in [0.3, 0.4) is 0 Å². The molecule has 134 valence electrons. The number of aromatic nitrogens is 2. The fourth-order valence-electron chi connectivity index (χ4n) is 3.79. The van der Waals surface area contributed by atoms with E-state index in [9.17, 15) is 9.59 Å². The highest BCUT2D eigenvalue weighted by molar-refractivity contribution is 6.03. The van der Waals surface area contributed by atoms with Gasteiger partial charge in [-0.2, -0.15) is 5.10 Å². The van der Waals surface area contributed by atoms with Gasteiger partial charge in [0, 0.05) is 36.2 Å². The second-order valence-corrected chi connectivity index (χ2v) is 6.32. The molecule has 2 aliphatic rings. The van der Waals surface area contributed by atoms with Crippen molar-refractivity contribution < 1.29 is 19.1 Å². The van der Waals surface area contributed by atoms with Gasteiger partial charge in [0.15, 0.2) is 5.78 Å². The van der Waals surface area contributed by atoms with E-state index in [2.05, 4.69) is 5.10 Å². The lowest BCUT2D eigenvalue weighted by atomic mass is 9.76. The predicted molar refractivity (Wildman–Crippen MR) is 90.3 cm³/mol. The first-order valence-electron chi connectivity index (χ1n) is 8.46. The third kappa shape index (κ3) is 2.63. The third-order valence-electron chi connectivity index (χ3n) is 4.92. The van der Waals surface area contributed by atoms with E-state index in [1.54, 1.807) is 0 Å². The summed E-state index contributed by atoms with van der Waals surface area (Å²) in [6.45, 7) is 6.51. The van der Waals surface area contributed by atoms with Crippen molar-refractivity contribution in [3.05, 3.63) is 39.7 Å². The molecule has 1 atom stereocenters. The molecule has 2 N–H and O–H groups in total. The zero-order valence-electron chi connectivity index (χ0n) is 15.0. The number of rotatable bonds is 3. The minimum atomic E-state index is -0.593. The Kier molecular flexibility index (Phi) is 4.41. The second kappa shape index (κ2) is 6.38. The Balaban J connectivity index is 2.27. The van der Waals surface area contributed by atoms with Crippen molar-refractivity contribution in [2.24, 2.45) is 5.73 Å². The zero-order chi connectivity index (χ0) is 18.3. The lowest BCUT2D eigenvalue weighted by molar-refractivity contribution is -0.136. The normalized spacial score (nSPS) is 20.5. The van der Waals surface area contributed by atoms with Crippen LogP contribution in [0, 0.1) is 13.8 Å². The number of allylic oxidation sites excluding steroid dienone is 2. The van der Waals surface area contributed by atoms with Crippen LogP contribution in [-0.4, -0.2) is 28.6 Å². The van der Waals surface area contributed by atoms with E-state index >= 15 is 0 Å². The second-order valence-electron chi connectivity index (χ2n) is 6.32. The Morgan fingerprint density at radius 3 is 2.72 bits per heavy atom. The number of ketones is 1. The SMILES string of the molecule is CCn1nc(C)c([C@H]2C(C(=O)OC)=C(N)OC3=C2C(=O)CCC3)c1C. The van der Waals surface area contributed by atoms with E-state index in [0.717, 1.165) is 23.4 Å². The fraction of sp³-hybridized carbons (Fsp3) is 0.500. The molecule has 0 saturated carbocycles. The molecule has 25 heavy (non-hydrogen) atoms. The topological polar surface area (TPSA) is 96.4 Å². The molecule has 0 aromatic carbocycles. The van der Waals surface area contributed by atoms with Gasteiger partial charge in [-0.15, -0.1) is 0 Å². The molecule has 0 spiro atoms. The van der Waals surface area contributed by atoms with Crippen molar-refractivity contribution in [1.82, 2.24) is 9.78 Å². The van der Waals surface area contributed by atoms with Gasteiger partial charge in [-0.25, -0.2) is 4.79 Å². The first-order chi connectivity index (χ1) is 11.9. The van der Waals surface area contributed by atoms with Gasteiger partial charge in [0.2, 0.25) is 5.88 Å². The van der Waals surface area contributed by atoms with Gasteiger partial charge in [0.05, 0.1) is 18.7 Å². The van der Waals surface area contributed by atoms with Crippen LogP contribution in [0.5, 0.6) is 0 Å². The van der Waals surface area contributed by atoms with Crippen molar-refractivity contribution in [1.29, 1.82) is 0 Å². The summed E-state index contributed by atoms with van der Waals surface area (Å²) in [4.78, 5) is 25.1. The van der Waals surface area contributed by atoms with Gasteiger partial charge in [-0.1, -0.05) is 0 Å². The maximum atomic E-state index is 12.7. The monoisotopic (exact) mass is 345 g/mol. The lowest BCUT2D eigenvalue weighted by Gasteiger charge is -2.32. The Labute approximate surface area is 146 Å². The Bertz CT molecular complexity index is 817. The molecule has 0 saturated heterocycles. The molecule has 1 aliphatic carbocycles. The average molecular weight is 345 g/mol. The minimum absolute atomic E-state index is 0.00773. The first kappa shape index (κ1) is 17.3. The summed E-state index contributed by atoms with van der Waals surface area (Å²) in [5, 5.41) is 4.54. The Hall–Kier alpha value is -2.57. The van der Waals surface area contributed by atoms with Crippen LogP contribution in [0.2, 0.25) is 0 Å². The maximum absolute atomic E-state index is 12.7. The van der Waals surface area contributed by atoms with Crippen molar-refractivity contribution in [2.75, 3.05) is 7.11 Å². The number of esters is 1. The molecule has 0 radical (unpaired) electrons. The number of hydrogen-bond acceptors (Lipinski definition) is 6. The molecule has 1 aliphatic heterocycles. The van der Waals surface area contributed by atoms with Gasteiger partial charge >= 0.3 is 5.97 Å². The summed E-state index contributed by atoms with van der Waals surface area (Å²) in [6.07, 6.45) is 1.79. The van der Waals surface area contributed by atoms with Gasteiger partial charge < -0.3 is 15.2 Å². The Morgan fingerprint density at radius 1 is 1.40 bits per heavy atom. The summed E-state index contributed by atoms with van der Waals surface area (Å²) < 4.78 is 12.4. The van der Waals surface area contributed by atoms with E-state index in [-0.39, 0.29) is 17.2 Å². The van der Waals surface area contributed by atoms with E-state index in [4.69, 9.17) is 15.2 Å². The summed E-state index contributed by atoms with van der Waals surface area (Å²) in [5.74, 6) is -0.620. The molecule has 7 heteroatoms. The molecule has 0 amide bonds. The van der Waals surface area contributed by atoms with Crippen LogP contribution < -0.4 is 5.73 Å². The number of Topliss-reactive ketones (excluding diaryl/α,β-unsaturated/α-hetero) is 1. The predicted octanol–water partition coefficient (Wildman–Crippen LogP) is 1.98. The molecule has 0 bridgehead atoms. The number of carbonyl (C=O) groups excluding carboxylic acids is 2. The molecule has 2 heterocycles. The quantitative estimate of drug-likeness (QED) is 0.842. The number of hydrogen-bond donors (Lipinski definition) is 1. The first-order valence-corrected chi connectivity index (χ1v) is 8.46. The minimum Gasteiger partial charge on any atom is -0.465 e. The molecular weight excluding hydrogens is 322 g/mol. The molecule has 0 fully saturated rings. The summed E-state index contributed by atoms with van der Waals surface area (Å²) in [5.41, 5.74) is 9.26. The van der Waals surface area contributed by atoms with Crippen molar-refractivity contribution in [3.63, 3.8) is 0 Å². The third-order valence-corrected chi connectivity index (χ3v) is 4.92. The van der Waals surface area contributed by atoms with Crippen LogP contribution in [-0.2, 0) is 25.6 Å². The zero-order valence-corrected chi connectivity index (χ0v) is 15.0. The van der Waals surface area contributed by atoms with Gasteiger partial charge in [-0.3, -0.25) is 9.48 Å². The number of carbonyl (C=O) groups is 2. The van der Waals surface area contributed by atoms with Crippen LogP contribution in [0.4, 0.5) is 0 Å². The Morgan fingerprint density at radius 2 is 2.12 bits per heavy atom. The summed E-state index contributed by atoms with van der Waals surface area (Å²) >= 11 is 0. The van der Waals surface area contributed by atoms with Crippen LogP contribution in [0.25, 0.3) is 0 Å². The molecule has 1 aromatic heterocycles. The number of methoxy groups -OCH3 is 1. The molecule has 1 aromatic rings. The highest BCUT2D eigenvalue weighted by atomic mass is 16.5. The number of ether oxygens (including phenoxy) is 2. The van der Waals surface area contributed by atoms with Crippen LogP contribution in [0.1, 0.15) is 49.1 Å². The molecular formula is C18H23N3O4. The molecule has 3 rings (SSSR count). The van der Waals surface area contributed by atoms with Crippen molar-refractivity contribution in [2.45, 2.75) is 52.5 Å². The highest BCUT2D eigenvalue weighted by Crippen LogP contribution is 2.45. The van der Waals surface area contributed by atoms with Crippen LogP contribution >= 0.6 is 0 Å². The van der Waals surface area contributed by atoms with Gasteiger partial charge in [0.25, 0.3) is 0 Å². The fourth-order valence-corrected chi connectivity index (χ4v) is 3.79. The number of nitrogens with zero attached hydrogens (tertiary/aromatic N) is 2. The van der Waals surface area contributed by atoms with Crippen LogP contribution in [0.15, 0.2) is 22.8 Å². The number of nitrogens with two attached hydrogens (primary N) is 1. The summed E-state index contributed by atoms with van der Waals surface area (Å²) in [7, 11) is 1.29. The average Bonchev–Trinajstić information content (AvgIpc) is 2.87. The molecule has 7 nitrogen and oxygen atoms in total. The number of aryl methyl sites for hydroxylation is 2. The van der Waals surface area contributed by atoms with Crippen molar-refractivity contribution in [3.8, 4) is 0 Å². The standard InChI is InChI=1S/C18H23N3O4/c1-5-21-10(3)13(9(2)20-21)15-14-11(22)7-6-8-12(14)25-17(19)16(15)18(23)24-4/h15H,5-8,19H2,1-4H3/t15-/m1/s1. The van der Waals surface area contributed by atoms with Gasteiger partial charge in [-0.05, 0) is 27.2 Å². The lowest BCUT2D eigenvalue weighted by Crippen LogP contribution is -2.31. The van der Waals surface area contributed by atoms with E-state index in [0.29, 0.717) is 30.7 Å².